The molecule has 1 aliphatic heterocycles. The van der Waals surface area contributed by atoms with E-state index < -0.39 is 32.7 Å². The number of piperidine rings is 1. The molecule has 1 atom stereocenters. The number of nitro benzene ring substituents is 1. The van der Waals surface area contributed by atoms with Crippen LogP contribution in [0.3, 0.4) is 0 Å². The van der Waals surface area contributed by atoms with Crippen LogP contribution in [-0.4, -0.2) is 48.5 Å². The van der Waals surface area contributed by atoms with Crippen LogP contribution in [0.4, 0.5) is 10.5 Å². The van der Waals surface area contributed by atoms with E-state index in [1.807, 2.05) is 0 Å². The highest BCUT2D eigenvalue weighted by molar-refractivity contribution is 7.89. The zero-order valence-electron chi connectivity index (χ0n) is 15.7. The number of hydrogen-bond donors (Lipinski definition) is 1. The minimum atomic E-state index is -3.82. The number of nitro groups is 1. The Labute approximate surface area is 158 Å². The Bertz CT molecular complexity index is 786. The van der Waals surface area contributed by atoms with Crippen molar-refractivity contribution in [3.8, 4) is 0 Å². The van der Waals surface area contributed by atoms with Gasteiger partial charge in [0.2, 0.25) is 10.0 Å². The Morgan fingerprint density at radius 3 is 2.48 bits per heavy atom. The van der Waals surface area contributed by atoms with Crippen molar-refractivity contribution in [1.29, 1.82) is 0 Å². The van der Waals surface area contributed by atoms with Crippen LogP contribution in [0, 0.1) is 10.1 Å². The Morgan fingerprint density at radius 2 is 1.93 bits per heavy atom. The number of benzene rings is 1. The van der Waals surface area contributed by atoms with Gasteiger partial charge in [-0.1, -0.05) is 6.42 Å². The number of amides is 1. The first-order valence-corrected chi connectivity index (χ1v) is 10.2. The molecule has 1 fully saturated rings. The van der Waals surface area contributed by atoms with Crippen molar-refractivity contribution in [3.05, 3.63) is 34.4 Å². The molecule has 1 aromatic rings. The quantitative estimate of drug-likeness (QED) is 0.600. The molecule has 1 heterocycles. The van der Waals surface area contributed by atoms with Crippen molar-refractivity contribution in [3.63, 3.8) is 0 Å². The molecular formula is C17H25N3O6S. The number of rotatable bonds is 5. The normalized spacial score (nSPS) is 18.7. The van der Waals surface area contributed by atoms with Crippen molar-refractivity contribution in [1.82, 2.24) is 9.62 Å². The summed E-state index contributed by atoms with van der Waals surface area (Å²) in [6.45, 7) is 5.72. The van der Waals surface area contributed by atoms with Crippen LogP contribution < -0.4 is 5.32 Å². The van der Waals surface area contributed by atoms with E-state index in [1.54, 1.807) is 20.8 Å². The summed E-state index contributed by atoms with van der Waals surface area (Å²) < 4.78 is 32.5. The predicted molar refractivity (Wildman–Crippen MR) is 98.9 cm³/mol. The topological polar surface area (TPSA) is 119 Å². The molecule has 9 nitrogen and oxygen atoms in total. The summed E-state index contributed by atoms with van der Waals surface area (Å²) in [4.78, 5) is 22.0. The van der Waals surface area contributed by atoms with Crippen molar-refractivity contribution in [2.45, 2.75) is 56.6 Å². The molecular weight excluding hydrogens is 374 g/mol. The third-order valence-corrected chi connectivity index (χ3v) is 6.07. The Kier molecular flexibility index (Phi) is 6.42. The van der Waals surface area contributed by atoms with E-state index in [1.165, 1.54) is 28.6 Å². The number of nitrogens with zero attached hydrogens (tertiary/aromatic N) is 2. The van der Waals surface area contributed by atoms with E-state index >= 15 is 0 Å². The van der Waals surface area contributed by atoms with Gasteiger partial charge in [-0.15, -0.1) is 0 Å². The first kappa shape index (κ1) is 21.1. The van der Waals surface area contributed by atoms with Crippen molar-refractivity contribution >= 4 is 21.8 Å². The molecule has 150 valence electrons. The Hall–Kier alpha value is -2.20. The molecule has 2 rings (SSSR count). The molecule has 1 aliphatic rings. The second-order valence-corrected chi connectivity index (χ2v) is 9.29. The highest BCUT2D eigenvalue weighted by atomic mass is 32.2. The second-order valence-electron chi connectivity index (χ2n) is 7.40. The number of ether oxygens (including phenoxy) is 1. The first-order chi connectivity index (χ1) is 12.5. The fourth-order valence-electron chi connectivity index (χ4n) is 2.89. The average molecular weight is 399 g/mol. The molecule has 1 amide bonds. The maximum Gasteiger partial charge on any atom is 0.407 e. The molecule has 1 saturated heterocycles. The predicted octanol–water partition coefficient (Wildman–Crippen LogP) is 2.66. The smallest absolute Gasteiger partial charge is 0.407 e. The number of sulfonamides is 1. The summed E-state index contributed by atoms with van der Waals surface area (Å²) in [6.07, 6.45) is 1.59. The Balaban J connectivity index is 2.13. The summed E-state index contributed by atoms with van der Waals surface area (Å²) in [5, 5.41) is 13.4. The molecule has 0 aromatic heterocycles. The van der Waals surface area contributed by atoms with Crippen LogP contribution in [0.2, 0.25) is 0 Å². The molecule has 10 heteroatoms. The number of hydrogen-bond acceptors (Lipinski definition) is 6. The fourth-order valence-corrected chi connectivity index (χ4v) is 4.58. The molecule has 1 aromatic carbocycles. The van der Waals surface area contributed by atoms with Crippen LogP contribution in [0.15, 0.2) is 29.2 Å². The minimum Gasteiger partial charge on any atom is -0.444 e. The molecule has 0 bridgehead atoms. The van der Waals surface area contributed by atoms with Crippen LogP contribution in [0.25, 0.3) is 0 Å². The average Bonchev–Trinajstić information content (AvgIpc) is 2.59. The Morgan fingerprint density at radius 1 is 1.30 bits per heavy atom. The summed E-state index contributed by atoms with van der Waals surface area (Å²) in [6, 6.07) is 4.42. The van der Waals surface area contributed by atoms with E-state index in [-0.39, 0.29) is 17.1 Å². The molecule has 0 spiro atoms. The van der Waals surface area contributed by atoms with Gasteiger partial charge in [0, 0.05) is 31.3 Å². The standard InChI is InChI=1S/C17H25N3O6S/c1-17(2,3)26-16(21)18-12-14-6-4-5-11-19(14)27(24,25)15-9-7-13(8-10-15)20(22)23/h7-10,14H,4-6,11-12H2,1-3H3,(H,18,21). The van der Waals surface area contributed by atoms with Crippen LogP contribution >= 0.6 is 0 Å². The maximum atomic E-state index is 13.0. The number of nitrogens with one attached hydrogen (secondary N) is 1. The van der Waals surface area contributed by atoms with Gasteiger partial charge in [-0.05, 0) is 45.7 Å². The second kappa shape index (κ2) is 8.22. The third kappa shape index (κ3) is 5.64. The lowest BCUT2D eigenvalue weighted by atomic mass is 10.1. The van der Waals surface area contributed by atoms with E-state index in [9.17, 15) is 23.3 Å². The van der Waals surface area contributed by atoms with Gasteiger partial charge < -0.3 is 10.1 Å². The molecule has 0 radical (unpaired) electrons. The minimum absolute atomic E-state index is 0.00253. The summed E-state index contributed by atoms with van der Waals surface area (Å²) >= 11 is 0. The molecule has 0 saturated carbocycles. The lowest BCUT2D eigenvalue weighted by Crippen LogP contribution is -2.49. The van der Waals surface area contributed by atoms with Crippen molar-refractivity contribution < 1.29 is 22.9 Å². The van der Waals surface area contributed by atoms with E-state index in [4.69, 9.17) is 4.74 Å². The number of non-ortho nitro benzene ring substituents is 1. The number of carbonyl (C=O) groups is 1. The van der Waals surface area contributed by atoms with Gasteiger partial charge in [0.25, 0.3) is 5.69 Å². The van der Waals surface area contributed by atoms with Crippen molar-refractivity contribution in [2.24, 2.45) is 0 Å². The van der Waals surface area contributed by atoms with Gasteiger partial charge in [-0.3, -0.25) is 10.1 Å². The lowest BCUT2D eigenvalue weighted by molar-refractivity contribution is -0.384. The van der Waals surface area contributed by atoms with Gasteiger partial charge in [0.1, 0.15) is 5.60 Å². The van der Waals surface area contributed by atoms with Gasteiger partial charge in [-0.25, -0.2) is 13.2 Å². The van der Waals surface area contributed by atoms with Gasteiger partial charge in [0.05, 0.1) is 9.82 Å². The largest absolute Gasteiger partial charge is 0.444 e. The van der Waals surface area contributed by atoms with Gasteiger partial charge >= 0.3 is 6.09 Å². The third-order valence-electron chi connectivity index (χ3n) is 4.11. The first-order valence-electron chi connectivity index (χ1n) is 8.74. The van der Waals surface area contributed by atoms with Crippen molar-refractivity contribution in [2.75, 3.05) is 13.1 Å². The summed E-state index contributed by atoms with van der Waals surface area (Å²) in [5.41, 5.74) is -0.808. The molecule has 1 N–H and O–H groups in total. The highest BCUT2D eigenvalue weighted by Crippen LogP contribution is 2.26. The number of alkyl carbamates (subject to hydrolysis) is 1. The van der Waals surface area contributed by atoms with E-state index in [2.05, 4.69) is 5.32 Å². The van der Waals surface area contributed by atoms with Crippen LogP contribution in [-0.2, 0) is 14.8 Å². The molecule has 27 heavy (non-hydrogen) atoms. The SMILES string of the molecule is CC(C)(C)OC(=O)NCC1CCCCN1S(=O)(=O)c1ccc([N+](=O)[O-])cc1. The zero-order chi connectivity index (χ0) is 20.2. The van der Waals surface area contributed by atoms with Gasteiger partial charge in [0.15, 0.2) is 0 Å². The van der Waals surface area contributed by atoms with Crippen LogP contribution in [0.5, 0.6) is 0 Å². The van der Waals surface area contributed by atoms with E-state index in [0.717, 1.165) is 12.8 Å². The monoisotopic (exact) mass is 399 g/mol. The molecule has 0 aliphatic carbocycles. The highest BCUT2D eigenvalue weighted by Gasteiger charge is 2.34. The number of carbonyl (C=O) groups excluding carboxylic acids is 1. The molecule has 1 unspecified atom stereocenters. The fraction of sp³-hybridized carbons (Fsp3) is 0.588. The summed E-state index contributed by atoms with van der Waals surface area (Å²) in [5.74, 6) is 0. The zero-order valence-corrected chi connectivity index (χ0v) is 16.5. The van der Waals surface area contributed by atoms with E-state index in [0.29, 0.717) is 13.0 Å². The maximum absolute atomic E-state index is 13.0. The van der Waals surface area contributed by atoms with Crippen LogP contribution in [0.1, 0.15) is 40.0 Å². The van der Waals surface area contributed by atoms with Gasteiger partial charge in [-0.2, -0.15) is 4.31 Å². The summed E-state index contributed by atoms with van der Waals surface area (Å²) in [7, 11) is -3.82. The lowest BCUT2D eigenvalue weighted by Gasteiger charge is -2.34.